The first-order valence-electron chi connectivity index (χ1n) is 6.97. The summed E-state index contributed by atoms with van der Waals surface area (Å²) in [5, 5.41) is 19.2. The Morgan fingerprint density at radius 1 is 1.26 bits per heavy atom. The molecular weight excluding hydrogens is 246 g/mol. The molecule has 1 aliphatic heterocycles. The Morgan fingerprint density at radius 3 is 2.21 bits per heavy atom. The SMILES string of the molecule is CC(C)(C)OC(=O)N1CCC(C(C)(O)CCO)CC1. The highest BCUT2D eigenvalue weighted by molar-refractivity contribution is 5.68. The first-order valence-corrected chi connectivity index (χ1v) is 6.97. The molecule has 19 heavy (non-hydrogen) atoms. The zero-order valence-electron chi connectivity index (χ0n) is 12.5. The highest BCUT2D eigenvalue weighted by Crippen LogP contribution is 2.31. The average Bonchev–Trinajstić information content (AvgIpc) is 2.27. The van der Waals surface area contributed by atoms with E-state index in [4.69, 9.17) is 9.84 Å². The summed E-state index contributed by atoms with van der Waals surface area (Å²) in [6.45, 7) is 8.50. The van der Waals surface area contributed by atoms with E-state index in [2.05, 4.69) is 0 Å². The Balaban J connectivity index is 2.47. The van der Waals surface area contributed by atoms with Crippen molar-refractivity contribution in [3.05, 3.63) is 0 Å². The summed E-state index contributed by atoms with van der Waals surface area (Å²) in [6.07, 6.45) is 1.58. The summed E-state index contributed by atoms with van der Waals surface area (Å²) in [4.78, 5) is 13.6. The van der Waals surface area contributed by atoms with Gasteiger partial charge in [0.25, 0.3) is 0 Å². The number of piperidine rings is 1. The van der Waals surface area contributed by atoms with Gasteiger partial charge in [-0.15, -0.1) is 0 Å². The van der Waals surface area contributed by atoms with Crippen molar-refractivity contribution in [2.45, 2.75) is 58.2 Å². The van der Waals surface area contributed by atoms with E-state index < -0.39 is 11.2 Å². The molecule has 0 aromatic heterocycles. The Kier molecular flexibility index (Phi) is 5.21. The van der Waals surface area contributed by atoms with Crippen LogP contribution in [0, 0.1) is 5.92 Å². The zero-order chi connectivity index (χ0) is 14.7. The third-order valence-electron chi connectivity index (χ3n) is 3.64. The number of carbonyl (C=O) groups is 1. The molecule has 0 aromatic rings. The molecule has 1 unspecified atom stereocenters. The molecule has 0 bridgehead atoms. The largest absolute Gasteiger partial charge is 0.444 e. The van der Waals surface area contributed by atoms with Gasteiger partial charge in [-0.05, 0) is 52.9 Å². The Hall–Kier alpha value is -0.810. The van der Waals surface area contributed by atoms with Gasteiger partial charge in [-0.2, -0.15) is 0 Å². The summed E-state index contributed by atoms with van der Waals surface area (Å²) in [5.41, 5.74) is -1.33. The van der Waals surface area contributed by atoms with Crippen LogP contribution in [0.3, 0.4) is 0 Å². The molecule has 0 aliphatic carbocycles. The van der Waals surface area contributed by atoms with E-state index in [1.54, 1.807) is 11.8 Å². The summed E-state index contributed by atoms with van der Waals surface area (Å²) in [5.74, 6) is 0.123. The van der Waals surface area contributed by atoms with Gasteiger partial charge in [0.1, 0.15) is 5.60 Å². The number of likely N-dealkylation sites (tertiary alicyclic amines) is 1. The molecule has 1 aliphatic rings. The summed E-state index contributed by atoms with van der Waals surface area (Å²) < 4.78 is 5.33. The number of nitrogens with zero attached hydrogens (tertiary/aromatic N) is 1. The van der Waals surface area contributed by atoms with Gasteiger partial charge in [-0.1, -0.05) is 0 Å². The third kappa shape index (κ3) is 4.99. The van der Waals surface area contributed by atoms with Crippen molar-refractivity contribution in [1.82, 2.24) is 4.90 Å². The van der Waals surface area contributed by atoms with E-state index in [1.807, 2.05) is 20.8 Å². The molecule has 2 N–H and O–H groups in total. The quantitative estimate of drug-likeness (QED) is 0.822. The molecular formula is C14H27NO4. The lowest BCUT2D eigenvalue weighted by Gasteiger charge is -2.39. The molecule has 5 heteroatoms. The molecule has 5 nitrogen and oxygen atoms in total. The number of rotatable bonds is 3. The standard InChI is InChI=1S/C14H27NO4/c1-13(2,3)19-12(17)15-8-5-11(6-9-15)14(4,18)7-10-16/h11,16,18H,5-10H2,1-4H3. The summed E-state index contributed by atoms with van der Waals surface area (Å²) in [6, 6.07) is 0. The molecule has 1 atom stereocenters. The third-order valence-corrected chi connectivity index (χ3v) is 3.64. The molecule has 0 saturated carbocycles. The fourth-order valence-corrected chi connectivity index (χ4v) is 2.44. The second-order valence-corrected chi connectivity index (χ2v) is 6.57. The number of amides is 1. The lowest BCUT2D eigenvalue weighted by molar-refractivity contribution is -0.0473. The second kappa shape index (κ2) is 6.09. The fourth-order valence-electron chi connectivity index (χ4n) is 2.44. The van der Waals surface area contributed by atoms with Crippen molar-refractivity contribution in [2.24, 2.45) is 5.92 Å². The van der Waals surface area contributed by atoms with Gasteiger partial charge < -0.3 is 19.8 Å². The van der Waals surface area contributed by atoms with Crippen molar-refractivity contribution in [2.75, 3.05) is 19.7 Å². The van der Waals surface area contributed by atoms with Crippen LogP contribution in [0.4, 0.5) is 4.79 Å². The molecule has 0 spiro atoms. The van der Waals surface area contributed by atoms with Crippen LogP contribution in [0.5, 0.6) is 0 Å². The van der Waals surface area contributed by atoms with Crippen LogP contribution in [0.2, 0.25) is 0 Å². The van der Waals surface area contributed by atoms with Gasteiger partial charge in [0, 0.05) is 19.7 Å². The topological polar surface area (TPSA) is 70.0 Å². The highest BCUT2D eigenvalue weighted by atomic mass is 16.6. The molecule has 1 fully saturated rings. The van der Waals surface area contributed by atoms with Gasteiger partial charge in [0.2, 0.25) is 0 Å². The van der Waals surface area contributed by atoms with Crippen LogP contribution in [0.1, 0.15) is 47.0 Å². The van der Waals surface area contributed by atoms with Crippen LogP contribution in [0.15, 0.2) is 0 Å². The molecule has 1 heterocycles. The van der Waals surface area contributed by atoms with E-state index in [9.17, 15) is 9.90 Å². The van der Waals surface area contributed by atoms with E-state index in [1.165, 1.54) is 0 Å². The van der Waals surface area contributed by atoms with Crippen LogP contribution < -0.4 is 0 Å². The molecule has 0 radical (unpaired) electrons. The zero-order valence-corrected chi connectivity index (χ0v) is 12.5. The van der Waals surface area contributed by atoms with Crippen LogP contribution in [-0.2, 0) is 4.74 Å². The van der Waals surface area contributed by atoms with Crippen LogP contribution in [0.25, 0.3) is 0 Å². The number of aliphatic hydroxyl groups excluding tert-OH is 1. The lowest BCUT2D eigenvalue weighted by Crippen LogP contribution is -2.47. The molecule has 1 amide bonds. The Labute approximate surface area is 115 Å². The van der Waals surface area contributed by atoms with Crippen LogP contribution >= 0.6 is 0 Å². The van der Waals surface area contributed by atoms with Gasteiger partial charge in [0.05, 0.1) is 5.60 Å². The van der Waals surface area contributed by atoms with Crippen molar-refractivity contribution >= 4 is 6.09 Å². The van der Waals surface area contributed by atoms with Gasteiger partial charge in [-0.25, -0.2) is 4.79 Å². The van der Waals surface area contributed by atoms with Crippen molar-refractivity contribution in [3.63, 3.8) is 0 Å². The van der Waals surface area contributed by atoms with E-state index in [0.717, 1.165) is 12.8 Å². The predicted molar refractivity (Wildman–Crippen MR) is 72.9 cm³/mol. The van der Waals surface area contributed by atoms with Gasteiger partial charge in [-0.3, -0.25) is 0 Å². The van der Waals surface area contributed by atoms with E-state index in [-0.39, 0.29) is 18.6 Å². The van der Waals surface area contributed by atoms with Gasteiger partial charge in [0.15, 0.2) is 0 Å². The van der Waals surface area contributed by atoms with Gasteiger partial charge >= 0.3 is 6.09 Å². The highest BCUT2D eigenvalue weighted by Gasteiger charge is 2.35. The minimum atomic E-state index is -0.852. The minimum absolute atomic E-state index is 0.0146. The summed E-state index contributed by atoms with van der Waals surface area (Å²) >= 11 is 0. The Bertz CT molecular complexity index is 301. The van der Waals surface area contributed by atoms with E-state index in [0.29, 0.717) is 19.5 Å². The number of ether oxygens (including phenoxy) is 1. The Morgan fingerprint density at radius 2 is 1.79 bits per heavy atom. The normalized spacial score (nSPS) is 21.1. The lowest BCUT2D eigenvalue weighted by atomic mass is 9.80. The monoisotopic (exact) mass is 273 g/mol. The summed E-state index contributed by atoms with van der Waals surface area (Å²) in [7, 11) is 0. The predicted octanol–water partition coefficient (Wildman–Crippen LogP) is 1.77. The first-order chi connectivity index (χ1) is 8.65. The maximum absolute atomic E-state index is 11.9. The number of hydrogen-bond acceptors (Lipinski definition) is 4. The fraction of sp³-hybridized carbons (Fsp3) is 0.929. The maximum Gasteiger partial charge on any atom is 0.410 e. The van der Waals surface area contributed by atoms with Crippen LogP contribution in [-0.4, -0.2) is 52.1 Å². The number of carbonyl (C=O) groups excluding carboxylic acids is 1. The van der Waals surface area contributed by atoms with Crippen molar-refractivity contribution in [3.8, 4) is 0 Å². The molecule has 0 aromatic carbocycles. The smallest absolute Gasteiger partial charge is 0.410 e. The molecule has 1 saturated heterocycles. The van der Waals surface area contributed by atoms with Crippen molar-refractivity contribution < 1.29 is 19.7 Å². The molecule has 1 rings (SSSR count). The van der Waals surface area contributed by atoms with Crippen molar-refractivity contribution in [1.29, 1.82) is 0 Å². The van der Waals surface area contributed by atoms with E-state index >= 15 is 0 Å². The number of hydrogen-bond donors (Lipinski definition) is 2. The average molecular weight is 273 g/mol. The first kappa shape index (κ1) is 16.2. The second-order valence-electron chi connectivity index (χ2n) is 6.57. The number of aliphatic hydroxyl groups is 2. The molecule has 112 valence electrons. The maximum atomic E-state index is 11.9. The minimum Gasteiger partial charge on any atom is -0.444 e.